The zero-order chi connectivity index (χ0) is 15.7. The monoisotopic (exact) mass is 291 g/mol. The lowest BCUT2D eigenvalue weighted by Gasteiger charge is -2.20. The fourth-order valence-corrected chi connectivity index (χ4v) is 1.74. The molecule has 0 fully saturated rings. The lowest BCUT2D eigenvalue weighted by Crippen LogP contribution is -2.42. The van der Waals surface area contributed by atoms with Crippen LogP contribution in [0.15, 0.2) is 30.3 Å². The highest BCUT2D eigenvalue weighted by molar-refractivity contribution is 5.78. The highest BCUT2D eigenvalue weighted by Gasteiger charge is 2.12. The van der Waals surface area contributed by atoms with Crippen molar-refractivity contribution in [3.63, 3.8) is 0 Å². The largest absolute Gasteiger partial charge is 0.351 e. The number of carbonyl (C=O) groups excluding carboxylic acids is 2. The van der Waals surface area contributed by atoms with E-state index in [4.69, 9.17) is 0 Å². The van der Waals surface area contributed by atoms with Crippen molar-refractivity contribution in [2.45, 2.75) is 39.3 Å². The van der Waals surface area contributed by atoms with Crippen molar-refractivity contribution in [3.05, 3.63) is 35.9 Å². The van der Waals surface area contributed by atoms with Crippen molar-refractivity contribution in [2.24, 2.45) is 0 Å². The number of rotatable bonds is 7. The van der Waals surface area contributed by atoms with Gasteiger partial charge in [0.1, 0.15) is 0 Å². The predicted octanol–water partition coefficient (Wildman–Crippen LogP) is 1.20. The zero-order valence-electron chi connectivity index (χ0n) is 13.0. The summed E-state index contributed by atoms with van der Waals surface area (Å²) in [5, 5.41) is 8.66. The van der Waals surface area contributed by atoms with E-state index in [1.165, 1.54) is 0 Å². The third-order valence-electron chi connectivity index (χ3n) is 2.66. The molecule has 5 heteroatoms. The van der Waals surface area contributed by atoms with Crippen LogP contribution >= 0.6 is 0 Å². The first-order valence-corrected chi connectivity index (χ1v) is 7.19. The maximum absolute atomic E-state index is 11.6. The van der Waals surface area contributed by atoms with Gasteiger partial charge in [0.05, 0.1) is 6.54 Å². The van der Waals surface area contributed by atoms with E-state index in [2.05, 4.69) is 16.0 Å². The van der Waals surface area contributed by atoms with Gasteiger partial charge in [-0.3, -0.25) is 9.59 Å². The van der Waals surface area contributed by atoms with Crippen LogP contribution in [0.1, 0.15) is 32.8 Å². The molecule has 0 heterocycles. The average molecular weight is 291 g/mol. The molecule has 0 spiro atoms. The van der Waals surface area contributed by atoms with Gasteiger partial charge in [-0.2, -0.15) is 0 Å². The van der Waals surface area contributed by atoms with E-state index in [-0.39, 0.29) is 23.9 Å². The first-order chi connectivity index (χ1) is 9.87. The molecule has 0 unspecified atom stereocenters. The Morgan fingerprint density at radius 1 is 1.05 bits per heavy atom. The molecule has 0 aliphatic heterocycles. The molecule has 0 atom stereocenters. The molecule has 1 aromatic rings. The summed E-state index contributed by atoms with van der Waals surface area (Å²) in [4.78, 5) is 23.2. The molecule has 0 bridgehead atoms. The Kier molecular flexibility index (Phi) is 6.88. The van der Waals surface area contributed by atoms with Gasteiger partial charge in [0.25, 0.3) is 0 Å². The van der Waals surface area contributed by atoms with Crippen molar-refractivity contribution in [3.8, 4) is 0 Å². The third kappa shape index (κ3) is 8.81. The first kappa shape index (κ1) is 17.2. The Hall–Kier alpha value is -1.88. The lowest BCUT2D eigenvalue weighted by atomic mass is 10.1. The molecule has 0 saturated heterocycles. The van der Waals surface area contributed by atoms with E-state index in [1.54, 1.807) is 0 Å². The summed E-state index contributed by atoms with van der Waals surface area (Å²) in [6.45, 7) is 7.04. The molecular weight excluding hydrogens is 266 g/mol. The minimum atomic E-state index is -0.218. The lowest BCUT2D eigenvalue weighted by molar-refractivity contribution is -0.123. The molecule has 3 N–H and O–H groups in total. The van der Waals surface area contributed by atoms with Crippen molar-refractivity contribution >= 4 is 11.8 Å². The Bertz CT molecular complexity index is 452. The summed E-state index contributed by atoms with van der Waals surface area (Å²) >= 11 is 0. The molecule has 0 aromatic heterocycles. The smallest absolute Gasteiger partial charge is 0.234 e. The highest BCUT2D eigenvalue weighted by atomic mass is 16.2. The molecule has 0 aliphatic carbocycles. The quantitative estimate of drug-likeness (QED) is 0.661. The summed E-state index contributed by atoms with van der Waals surface area (Å²) in [5.74, 6) is -0.0882. The molecule has 1 aromatic carbocycles. The first-order valence-electron chi connectivity index (χ1n) is 7.19. The van der Waals surface area contributed by atoms with Crippen LogP contribution in [0.3, 0.4) is 0 Å². The van der Waals surface area contributed by atoms with Crippen LogP contribution in [0.5, 0.6) is 0 Å². The van der Waals surface area contributed by atoms with Gasteiger partial charge in [-0.1, -0.05) is 30.3 Å². The molecule has 5 nitrogen and oxygen atoms in total. The van der Waals surface area contributed by atoms with Crippen molar-refractivity contribution in [2.75, 3.05) is 13.1 Å². The molecular formula is C16H25N3O2. The van der Waals surface area contributed by atoms with Gasteiger partial charge in [0.15, 0.2) is 0 Å². The van der Waals surface area contributed by atoms with Gasteiger partial charge >= 0.3 is 0 Å². The molecule has 0 aliphatic rings. The van der Waals surface area contributed by atoms with Crippen LogP contribution in [0.2, 0.25) is 0 Å². The van der Waals surface area contributed by atoms with Crippen LogP contribution in [-0.4, -0.2) is 30.4 Å². The van der Waals surface area contributed by atoms with E-state index < -0.39 is 0 Å². The molecule has 2 amide bonds. The van der Waals surface area contributed by atoms with Gasteiger partial charge in [0, 0.05) is 25.0 Å². The number of hydrogen-bond acceptors (Lipinski definition) is 3. The van der Waals surface area contributed by atoms with Gasteiger partial charge < -0.3 is 16.0 Å². The van der Waals surface area contributed by atoms with Crippen LogP contribution in [0.25, 0.3) is 0 Å². The van der Waals surface area contributed by atoms with E-state index in [9.17, 15) is 9.59 Å². The maximum Gasteiger partial charge on any atom is 0.234 e. The topological polar surface area (TPSA) is 70.2 Å². The van der Waals surface area contributed by atoms with Gasteiger partial charge in [-0.15, -0.1) is 0 Å². The molecule has 1 rings (SSSR count). The average Bonchev–Trinajstić information content (AvgIpc) is 2.40. The second-order valence-corrected chi connectivity index (χ2v) is 5.99. The van der Waals surface area contributed by atoms with Crippen molar-refractivity contribution < 1.29 is 9.59 Å². The summed E-state index contributed by atoms with van der Waals surface area (Å²) in [7, 11) is 0. The Morgan fingerprint density at radius 3 is 2.33 bits per heavy atom. The summed E-state index contributed by atoms with van der Waals surface area (Å²) in [6.07, 6.45) is 0.364. The van der Waals surface area contributed by atoms with E-state index >= 15 is 0 Å². The number of hydrogen-bond donors (Lipinski definition) is 3. The maximum atomic E-state index is 11.6. The minimum Gasteiger partial charge on any atom is -0.351 e. The number of carbonyl (C=O) groups is 2. The van der Waals surface area contributed by atoms with Crippen LogP contribution < -0.4 is 16.0 Å². The zero-order valence-corrected chi connectivity index (χ0v) is 13.0. The van der Waals surface area contributed by atoms with Crippen molar-refractivity contribution in [1.82, 2.24) is 16.0 Å². The summed E-state index contributed by atoms with van der Waals surface area (Å²) in [6, 6.07) is 9.74. The Labute approximate surface area is 126 Å². The summed E-state index contributed by atoms with van der Waals surface area (Å²) in [5.41, 5.74) is 0.847. The number of benzene rings is 1. The summed E-state index contributed by atoms with van der Waals surface area (Å²) < 4.78 is 0. The fraction of sp³-hybridized carbons (Fsp3) is 0.500. The highest BCUT2D eigenvalue weighted by Crippen LogP contribution is 1.98. The Morgan fingerprint density at radius 2 is 1.71 bits per heavy atom. The second kappa shape index (κ2) is 8.42. The van der Waals surface area contributed by atoms with Gasteiger partial charge in [0.2, 0.25) is 11.8 Å². The van der Waals surface area contributed by atoms with Crippen LogP contribution in [0, 0.1) is 0 Å². The SMILES string of the molecule is CC(C)(C)NC(=O)CCNCC(=O)NCc1ccccc1. The number of nitrogens with one attached hydrogen (secondary N) is 3. The van der Waals surface area contributed by atoms with Gasteiger partial charge in [-0.25, -0.2) is 0 Å². The minimum absolute atomic E-state index is 0.0142. The molecule has 0 saturated carbocycles. The standard InChI is InChI=1S/C16H25N3O2/c1-16(2,3)19-14(20)9-10-17-12-15(21)18-11-13-7-5-4-6-8-13/h4-8,17H,9-12H2,1-3H3,(H,18,21)(H,19,20). The van der Waals surface area contributed by atoms with Crippen molar-refractivity contribution in [1.29, 1.82) is 0 Å². The van der Waals surface area contributed by atoms with Crippen LogP contribution in [-0.2, 0) is 16.1 Å². The van der Waals surface area contributed by atoms with Gasteiger partial charge in [-0.05, 0) is 26.3 Å². The molecule has 21 heavy (non-hydrogen) atoms. The number of amides is 2. The van der Waals surface area contributed by atoms with Crippen LogP contribution in [0.4, 0.5) is 0 Å². The second-order valence-electron chi connectivity index (χ2n) is 5.99. The molecule has 116 valence electrons. The fourth-order valence-electron chi connectivity index (χ4n) is 1.74. The predicted molar refractivity (Wildman–Crippen MR) is 83.7 cm³/mol. The van der Waals surface area contributed by atoms with E-state index in [0.29, 0.717) is 19.5 Å². The Balaban J connectivity index is 2.10. The third-order valence-corrected chi connectivity index (χ3v) is 2.66. The normalized spacial score (nSPS) is 11.0. The van der Waals surface area contributed by atoms with E-state index in [0.717, 1.165) is 5.56 Å². The van der Waals surface area contributed by atoms with E-state index in [1.807, 2.05) is 51.1 Å². The molecule has 0 radical (unpaired) electrons.